The Morgan fingerprint density at radius 1 is 0.931 bits per heavy atom. The van der Waals surface area contributed by atoms with Crippen molar-refractivity contribution in [2.24, 2.45) is 0 Å². The lowest BCUT2D eigenvalue weighted by molar-refractivity contribution is 0.0627. The van der Waals surface area contributed by atoms with Gasteiger partial charge < -0.3 is 10.2 Å². The van der Waals surface area contributed by atoms with Gasteiger partial charge in [0.15, 0.2) is 0 Å². The normalized spacial score (nSPS) is 14.6. The molecule has 6 heteroatoms. The molecule has 148 valence electrons. The Bertz CT molecular complexity index is 933. The molecule has 1 saturated heterocycles. The lowest BCUT2D eigenvalue weighted by atomic mass is 10.2. The van der Waals surface area contributed by atoms with Crippen molar-refractivity contribution in [2.75, 3.05) is 31.5 Å². The van der Waals surface area contributed by atoms with Crippen LogP contribution in [0.4, 0.5) is 11.6 Å². The number of nitrogens with one attached hydrogen (secondary N) is 1. The van der Waals surface area contributed by atoms with E-state index >= 15 is 0 Å². The summed E-state index contributed by atoms with van der Waals surface area (Å²) < 4.78 is 0. The van der Waals surface area contributed by atoms with Gasteiger partial charge in [0.2, 0.25) is 5.95 Å². The molecule has 1 aromatic heterocycles. The van der Waals surface area contributed by atoms with Crippen molar-refractivity contribution < 1.29 is 4.79 Å². The number of anilines is 2. The van der Waals surface area contributed by atoms with Crippen LogP contribution in [0.2, 0.25) is 0 Å². The van der Waals surface area contributed by atoms with E-state index < -0.39 is 0 Å². The molecular formula is C23H25N5O. The van der Waals surface area contributed by atoms with Crippen LogP contribution in [0.25, 0.3) is 0 Å². The quantitative estimate of drug-likeness (QED) is 0.726. The molecule has 2 aromatic carbocycles. The fraction of sp³-hybridized carbons (Fsp3) is 0.261. The van der Waals surface area contributed by atoms with Crippen LogP contribution in [0.15, 0.2) is 67.0 Å². The van der Waals surface area contributed by atoms with Crippen molar-refractivity contribution in [1.29, 1.82) is 0 Å². The molecule has 1 N–H and O–H groups in total. The molecule has 0 radical (unpaired) electrons. The number of rotatable bonds is 5. The first-order valence-electron chi connectivity index (χ1n) is 9.89. The van der Waals surface area contributed by atoms with Crippen molar-refractivity contribution in [3.05, 3.63) is 83.7 Å². The second kappa shape index (κ2) is 8.84. The first-order valence-corrected chi connectivity index (χ1v) is 9.89. The molecule has 0 unspecified atom stereocenters. The Morgan fingerprint density at radius 2 is 1.59 bits per heavy atom. The van der Waals surface area contributed by atoms with E-state index in [0.29, 0.717) is 11.5 Å². The van der Waals surface area contributed by atoms with Crippen molar-refractivity contribution in [2.45, 2.75) is 13.5 Å². The molecule has 3 aromatic rings. The number of nitrogens with zero attached hydrogens (tertiary/aromatic N) is 4. The SMILES string of the molecule is Cc1ccc(Nc2ncc(C(=O)N3CCN(Cc4ccccc4)CC3)cn2)cc1. The second-order valence-electron chi connectivity index (χ2n) is 7.34. The number of carbonyl (C=O) groups excluding carboxylic acids is 1. The van der Waals surface area contributed by atoms with Crippen molar-refractivity contribution in [3.8, 4) is 0 Å². The first-order chi connectivity index (χ1) is 14.2. The minimum Gasteiger partial charge on any atom is -0.336 e. The van der Waals surface area contributed by atoms with Crippen LogP contribution in [0.5, 0.6) is 0 Å². The lowest BCUT2D eigenvalue weighted by Gasteiger charge is -2.34. The van der Waals surface area contributed by atoms with E-state index in [9.17, 15) is 4.79 Å². The summed E-state index contributed by atoms with van der Waals surface area (Å²) >= 11 is 0. The lowest BCUT2D eigenvalue weighted by Crippen LogP contribution is -2.48. The average Bonchev–Trinajstić information content (AvgIpc) is 2.77. The van der Waals surface area contributed by atoms with Gasteiger partial charge in [0.25, 0.3) is 5.91 Å². The van der Waals surface area contributed by atoms with Crippen LogP contribution in [0.1, 0.15) is 21.5 Å². The zero-order valence-electron chi connectivity index (χ0n) is 16.6. The molecule has 0 saturated carbocycles. The summed E-state index contributed by atoms with van der Waals surface area (Å²) in [4.78, 5) is 25.6. The maximum absolute atomic E-state index is 12.8. The number of benzene rings is 2. The van der Waals surface area contributed by atoms with E-state index in [2.05, 4.69) is 44.5 Å². The molecule has 0 spiro atoms. The molecule has 0 aliphatic carbocycles. The Balaban J connectivity index is 1.31. The van der Waals surface area contributed by atoms with Gasteiger partial charge in [-0.05, 0) is 24.6 Å². The van der Waals surface area contributed by atoms with Gasteiger partial charge in [0.05, 0.1) is 5.56 Å². The molecule has 1 fully saturated rings. The summed E-state index contributed by atoms with van der Waals surface area (Å²) in [5.74, 6) is 0.476. The molecule has 1 aliphatic heterocycles. The number of carbonyl (C=O) groups is 1. The second-order valence-corrected chi connectivity index (χ2v) is 7.34. The zero-order valence-corrected chi connectivity index (χ0v) is 16.6. The molecule has 1 amide bonds. The number of hydrogen-bond acceptors (Lipinski definition) is 5. The van der Waals surface area contributed by atoms with Crippen molar-refractivity contribution in [3.63, 3.8) is 0 Å². The van der Waals surface area contributed by atoms with Gasteiger partial charge in [-0.2, -0.15) is 0 Å². The number of hydrogen-bond donors (Lipinski definition) is 1. The minimum absolute atomic E-state index is 0.00810. The maximum atomic E-state index is 12.8. The Kier molecular flexibility index (Phi) is 5.81. The van der Waals surface area contributed by atoms with Crippen LogP contribution >= 0.6 is 0 Å². The molecule has 2 heterocycles. The van der Waals surface area contributed by atoms with Gasteiger partial charge in [-0.25, -0.2) is 9.97 Å². The van der Waals surface area contributed by atoms with Gasteiger partial charge in [0, 0.05) is 50.8 Å². The minimum atomic E-state index is -0.00810. The predicted octanol–water partition coefficient (Wildman–Crippen LogP) is 3.49. The highest BCUT2D eigenvalue weighted by Crippen LogP contribution is 2.15. The average molecular weight is 387 g/mol. The van der Waals surface area contributed by atoms with Gasteiger partial charge >= 0.3 is 0 Å². The summed E-state index contributed by atoms with van der Waals surface area (Å²) in [5.41, 5.74) is 3.94. The largest absolute Gasteiger partial charge is 0.336 e. The standard InChI is InChI=1S/C23H25N5O/c1-18-7-9-21(10-8-18)26-23-24-15-20(16-25-23)22(29)28-13-11-27(12-14-28)17-19-5-3-2-4-6-19/h2-10,15-16H,11-14,17H2,1H3,(H,24,25,26). The third-order valence-electron chi connectivity index (χ3n) is 5.12. The highest BCUT2D eigenvalue weighted by Gasteiger charge is 2.22. The smallest absolute Gasteiger partial charge is 0.257 e. The summed E-state index contributed by atoms with van der Waals surface area (Å²) in [5, 5.41) is 3.15. The third kappa shape index (κ3) is 4.97. The molecule has 1 aliphatic rings. The highest BCUT2D eigenvalue weighted by atomic mass is 16.2. The van der Waals surface area contributed by atoms with Gasteiger partial charge in [-0.3, -0.25) is 9.69 Å². The summed E-state index contributed by atoms with van der Waals surface area (Å²) in [6.07, 6.45) is 3.20. The molecule has 0 bridgehead atoms. The van der Waals surface area contributed by atoms with Gasteiger partial charge in [0.1, 0.15) is 0 Å². The van der Waals surface area contributed by atoms with Crippen molar-refractivity contribution >= 4 is 17.5 Å². The Labute approximate surface area is 171 Å². The Morgan fingerprint density at radius 3 is 2.24 bits per heavy atom. The van der Waals surface area contributed by atoms with Crippen LogP contribution in [-0.2, 0) is 6.54 Å². The van der Waals surface area contributed by atoms with Crippen molar-refractivity contribution in [1.82, 2.24) is 19.8 Å². The van der Waals surface area contributed by atoms with Crippen LogP contribution in [-0.4, -0.2) is 51.9 Å². The first kappa shape index (κ1) is 19.1. The number of aromatic nitrogens is 2. The van der Waals surface area contributed by atoms with E-state index in [1.807, 2.05) is 42.2 Å². The predicted molar refractivity (Wildman–Crippen MR) is 114 cm³/mol. The summed E-state index contributed by atoms with van der Waals surface area (Å²) in [7, 11) is 0. The van der Waals surface area contributed by atoms with Gasteiger partial charge in [-0.1, -0.05) is 48.0 Å². The number of piperazine rings is 1. The Hall–Kier alpha value is -3.25. The van der Waals surface area contributed by atoms with Gasteiger partial charge in [-0.15, -0.1) is 0 Å². The number of aryl methyl sites for hydroxylation is 1. The topological polar surface area (TPSA) is 61.4 Å². The monoisotopic (exact) mass is 387 g/mol. The molecule has 0 atom stereocenters. The van der Waals surface area contributed by atoms with E-state index in [-0.39, 0.29) is 5.91 Å². The summed E-state index contributed by atoms with van der Waals surface area (Å²) in [6, 6.07) is 18.4. The highest BCUT2D eigenvalue weighted by molar-refractivity contribution is 5.93. The zero-order chi connectivity index (χ0) is 20.1. The fourth-order valence-corrected chi connectivity index (χ4v) is 3.40. The van der Waals surface area contributed by atoms with Crippen LogP contribution in [0, 0.1) is 6.92 Å². The molecule has 6 nitrogen and oxygen atoms in total. The fourth-order valence-electron chi connectivity index (χ4n) is 3.40. The van der Waals surface area contributed by atoms with E-state index in [0.717, 1.165) is 38.4 Å². The van der Waals surface area contributed by atoms with Crippen LogP contribution in [0.3, 0.4) is 0 Å². The van der Waals surface area contributed by atoms with E-state index in [1.54, 1.807) is 12.4 Å². The maximum Gasteiger partial charge on any atom is 0.257 e. The van der Waals surface area contributed by atoms with Crippen LogP contribution < -0.4 is 5.32 Å². The molecular weight excluding hydrogens is 362 g/mol. The third-order valence-corrected chi connectivity index (χ3v) is 5.12. The van der Waals surface area contributed by atoms with E-state index in [4.69, 9.17) is 0 Å². The molecule has 4 rings (SSSR count). The van der Waals surface area contributed by atoms with E-state index in [1.165, 1.54) is 11.1 Å². The molecule has 29 heavy (non-hydrogen) atoms. The number of amides is 1. The summed E-state index contributed by atoms with van der Waals surface area (Å²) in [6.45, 7) is 6.14.